The first kappa shape index (κ1) is 12.4. The summed E-state index contributed by atoms with van der Waals surface area (Å²) in [4.78, 5) is 11.5. The van der Waals surface area contributed by atoms with Gasteiger partial charge in [0.15, 0.2) is 5.78 Å². The zero-order valence-corrected chi connectivity index (χ0v) is 9.72. The minimum absolute atomic E-state index is 0.121. The van der Waals surface area contributed by atoms with Crippen molar-refractivity contribution in [1.29, 1.82) is 0 Å². The molecule has 0 aromatic rings. The molecule has 0 radical (unpaired) electrons. The molecule has 0 spiro atoms. The summed E-state index contributed by atoms with van der Waals surface area (Å²) >= 11 is 0. The summed E-state index contributed by atoms with van der Waals surface area (Å²) in [6.07, 6.45) is 2.09. The zero-order chi connectivity index (χ0) is 10.6. The lowest BCUT2D eigenvalue weighted by molar-refractivity contribution is -0.118. The SMILES string of the molecule is C/C(=C\[C@H](C)C(C)C)C(=O)C(C)C. The second-order valence-corrected chi connectivity index (χ2v) is 4.47. The van der Waals surface area contributed by atoms with Gasteiger partial charge in [0.05, 0.1) is 0 Å². The van der Waals surface area contributed by atoms with Crippen LogP contribution < -0.4 is 0 Å². The zero-order valence-electron chi connectivity index (χ0n) is 9.72. The van der Waals surface area contributed by atoms with E-state index in [2.05, 4.69) is 26.8 Å². The molecule has 0 bridgehead atoms. The summed E-state index contributed by atoms with van der Waals surface area (Å²) in [5.41, 5.74) is 0.913. The van der Waals surface area contributed by atoms with E-state index in [1.54, 1.807) is 0 Å². The molecule has 0 saturated carbocycles. The third-order valence-corrected chi connectivity index (χ3v) is 2.48. The Morgan fingerprint density at radius 2 is 1.54 bits per heavy atom. The minimum Gasteiger partial charge on any atom is -0.294 e. The van der Waals surface area contributed by atoms with Crippen LogP contribution in [0.1, 0.15) is 41.5 Å². The molecule has 1 atom stereocenters. The predicted octanol–water partition coefficient (Wildman–Crippen LogP) is 3.45. The molecular formula is C12H22O. The van der Waals surface area contributed by atoms with Crippen molar-refractivity contribution >= 4 is 5.78 Å². The second kappa shape index (κ2) is 5.21. The van der Waals surface area contributed by atoms with Crippen LogP contribution in [0, 0.1) is 17.8 Å². The first-order valence-electron chi connectivity index (χ1n) is 5.08. The van der Waals surface area contributed by atoms with Crippen molar-refractivity contribution < 1.29 is 4.79 Å². The van der Waals surface area contributed by atoms with Crippen molar-refractivity contribution in [3.8, 4) is 0 Å². The molecule has 0 aromatic heterocycles. The molecule has 0 aliphatic heterocycles. The van der Waals surface area contributed by atoms with Crippen LogP contribution in [0.15, 0.2) is 11.6 Å². The summed E-state index contributed by atoms with van der Waals surface area (Å²) in [6, 6.07) is 0. The summed E-state index contributed by atoms with van der Waals surface area (Å²) in [7, 11) is 0. The molecule has 0 fully saturated rings. The maximum Gasteiger partial charge on any atom is 0.160 e. The Balaban J connectivity index is 4.40. The van der Waals surface area contributed by atoms with Crippen LogP contribution in [-0.4, -0.2) is 5.78 Å². The highest BCUT2D eigenvalue weighted by molar-refractivity contribution is 5.96. The Bertz CT molecular complexity index is 199. The second-order valence-electron chi connectivity index (χ2n) is 4.47. The van der Waals surface area contributed by atoms with Crippen LogP contribution in [0.3, 0.4) is 0 Å². The maximum absolute atomic E-state index is 11.5. The van der Waals surface area contributed by atoms with Crippen LogP contribution in [0.4, 0.5) is 0 Å². The Kier molecular flexibility index (Phi) is 4.97. The third kappa shape index (κ3) is 4.25. The van der Waals surface area contributed by atoms with E-state index in [0.29, 0.717) is 11.8 Å². The topological polar surface area (TPSA) is 17.1 Å². The average Bonchev–Trinajstić information content (AvgIpc) is 2.02. The number of allylic oxidation sites excluding steroid dienone is 2. The van der Waals surface area contributed by atoms with Gasteiger partial charge < -0.3 is 0 Å². The van der Waals surface area contributed by atoms with Gasteiger partial charge >= 0.3 is 0 Å². The van der Waals surface area contributed by atoms with E-state index in [1.165, 1.54) is 0 Å². The Labute approximate surface area is 82.2 Å². The fourth-order valence-electron chi connectivity index (χ4n) is 1.12. The van der Waals surface area contributed by atoms with E-state index in [4.69, 9.17) is 0 Å². The summed E-state index contributed by atoms with van der Waals surface area (Å²) in [5, 5.41) is 0. The summed E-state index contributed by atoms with van der Waals surface area (Å²) < 4.78 is 0. The van der Waals surface area contributed by atoms with Crippen molar-refractivity contribution in [3.05, 3.63) is 11.6 Å². The van der Waals surface area contributed by atoms with Crippen LogP contribution in [0.2, 0.25) is 0 Å². The van der Waals surface area contributed by atoms with Crippen LogP contribution >= 0.6 is 0 Å². The Morgan fingerprint density at radius 3 is 1.85 bits per heavy atom. The van der Waals surface area contributed by atoms with E-state index in [-0.39, 0.29) is 11.7 Å². The van der Waals surface area contributed by atoms with Gasteiger partial charge in [-0.15, -0.1) is 0 Å². The van der Waals surface area contributed by atoms with Crippen molar-refractivity contribution in [2.24, 2.45) is 17.8 Å². The molecule has 1 nitrogen and oxygen atoms in total. The molecule has 0 aromatic carbocycles. The minimum atomic E-state index is 0.121. The summed E-state index contributed by atoms with van der Waals surface area (Å²) in [6.45, 7) is 12.3. The largest absolute Gasteiger partial charge is 0.294 e. The fourth-order valence-corrected chi connectivity index (χ4v) is 1.12. The molecule has 13 heavy (non-hydrogen) atoms. The normalized spacial score (nSPS) is 15.2. The van der Waals surface area contributed by atoms with Gasteiger partial charge in [0.2, 0.25) is 0 Å². The van der Waals surface area contributed by atoms with Gasteiger partial charge in [0, 0.05) is 5.92 Å². The third-order valence-electron chi connectivity index (χ3n) is 2.48. The van der Waals surface area contributed by atoms with Gasteiger partial charge in [-0.1, -0.05) is 40.7 Å². The number of carbonyl (C=O) groups is 1. The molecule has 0 amide bonds. The van der Waals surface area contributed by atoms with Gasteiger partial charge in [-0.25, -0.2) is 0 Å². The number of carbonyl (C=O) groups excluding carboxylic acids is 1. The lowest BCUT2D eigenvalue weighted by Crippen LogP contribution is -2.10. The Hall–Kier alpha value is -0.590. The number of hydrogen-bond acceptors (Lipinski definition) is 1. The molecule has 0 saturated heterocycles. The number of hydrogen-bond donors (Lipinski definition) is 0. The van der Waals surface area contributed by atoms with Crippen LogP contribution in [0.25, 0.3) is 0 Å². The average molecular weight is 182 g/mol. The predicted molar refractivity (Wildman–Crippen MR) is 57.6 cm³/mol. The molecule has 76 valence electrons. The molecule has 0 N–H and O–H groups in total. The van der Waals surface area contributed by atoms with E-state index >= 15 is 0 Å². The van der Waals surface area contributed by atoms with Crippen LogP contribution in [-0.2, 0) is 4.79 Å². The number of rotatable bonds is 4. The van der Waals surface area contributed by atoms with Gasteiger partial charge in [0.25, 0.3) is 0 Å². The van der Waals surface area contributed by atoms with E-state index in [0.717, 1.165) is 5.57 Å². The molecule has 0 unspecified atom stereocenters. The van der Waals surface area contributed by atoms with Crippen molar-refractivity contribution in [2.75, 3.05) is 0 Å². The van der Waals surface area contributed by atoms with Crippen molar-refractivity contribution in [1.82, 2.24) is 0 Å². The molecule has 1 heteroatoms. The quantitative estimate of drug-likeness (QED) is 0.609. The number of ketones is 1. The molecule has 0 aliphatic rings. The van der Waals surface area contributed by atoms with Gasteiger partial charge in [-0.2, -0.15) is 0 Å². The molecule has 0 rings (SSSR count). The first-order chi connectivity index (χ1) is 5.86. The lowest BCUT2D eigenvalue weighted by Gasteiger charge is -2.12. The van der Waals surface area contributed by atoms with E-state index < -0.39 is 0 Å². The van der Waals surface area contributed by atoms with E-state index in [1.807, 2.05) is 20.8 Å². The van der Waals surface area contributed by atoms with Gasteiger partial charge in [-0.3, -0.25) is 4.79 Å². The van der Waals surface area contributed by atoms with Crippen LogP contribution in [0.5, 0.6) is 0 Å². The molecule has 0 aliphatic carbocycles. The van der Waals surface area contributed by atoms with Crippen molar-refractivity contribution in [2.45, 2.75) is 41.5 Å². The number of Topliss-reactive ketones (excluding diaryl/α,β-unsaturated/α-hetero) is 1. The fraction of sp³-hybridized carbons (Fsp3) is 0.750. The smallest absolute Gasteiger partial charge is 0.160 e. The van der Waals surface area contributed by atoms with E-state index in [9.17, 15) is 4.79 Å². The highest BCUT2D eigenvalue weighted by Gasteiger charge is 2.11. The summed E-state index contributed by atoms with van der Waals surface area (Å²) in [5.74, 6) is 1.49. The van der Waals surface area contributed by atoms with Gasteiger partial charge in [-0.05, 0) is 24.3 Å². The monoisotopic (exact) mass is 182 g/mol. The molecule has 0 heterocycles. The lowest BCUT2D eigenvalue weighted by atomic mass is 9.93. The van der Waals surface area contributed by atoms with Crippen molar-refractivity contribution in [3.63, 3.8) is 0 Å². The highest BCUT2D eigenvalue weighted by atomic mass is 16.1. The highest BCUT2D eigenvalue weighted by Crippen LogP contribution is 2.15. The maximum atomic E-state index is 11.5. The molecular weight excluding hydrogens is 160 g/mol. The van der Waals surface area contributed by atoms with Gasteiger partial charge in [0.1, 0.15) is 0 Å². The standard InChI is InChI=1S/C12H22O/c1-8(2)10(5)7-11(6)12(13)9(3)4/h7-10H,1-6H3/b11-7+/t10-/m0/s1. The first-order valence-corrected chi connectivity index (χ1v) is 5.08. The Morgan fingerprint density at radius 1 is 1.08 bits per heavy atom.